The van der Waals surface area contributed by atoms with Crippen molar-refractivity contribution in [3.8, 4) is 0 Å². The van der Waals surface area contributed by atoms with E-state index in [0.717, 1.165) is 23.1 Å². The van der Waals surface area contributed by atoms with Crippen LogP contribution in [0.3, 0.4) is 0 Å². The Bertz CT molecular complexity index is 390. The van der Waals surface area contributed by atoms with E-state index < -0.39 is 0 Å². The third kappa shape index (κ3) is 1.50. The van der Waals surface area contributed by atoms with Gasteiger partial charge in [-0.05, 0) is 24.1 Å². The Balaban J connectivity index is 2.46. The third-order valence-electron chi connectivity index (χ3n) is 2.31. The van der Waals surface area contributed by atoms with Gasteiger partial charge in [0.05, 0.1) is 12.7 Å². The van der Waals surface area contributed by atoms with Gasteiger partial charge in [0.25, 0.3) is 0 Å². The van der Waals surface area contributed by atoms with Crippen LogP contribution >= 0.6 is 15.9 Å². The molecule has 4 heteroatoms. The molecule has 0 aromatic heterocycles. The van der Waals surface area contributed by atoms with Crippen LogP contribution in [0.5, 0.6) is 0 Å². The van der Waals surface area contributed by atoms with Gasteiger partial charge in [0, 0.05) is 16.7 Å². The summed E-state index contributed by atoms with van der Waals surface area (Å²) in [4.78, 5) is 11.3. The van der Waals surface area contributed by atoms with Crippen LogP contribution in [0, 0.1) is 0 Å². The predicted octanol–water partition coefficient (Wildman–Crippen LogP) is 2.20. The van der Waals surface area contributed by atoms with Gasteiger partial charge < -0.3 is 10.1 Å². The summed E-state index contributed by atoms with van der Waals surface area (Å²) >= 11 is 3.45. The number of hydrogen-bond acceptors (Lipinski definition) is 3. The number of esters is 1. The standard InChI is InChI=1S/C10H10BrNO2/c1-14-10(13)6-4-8(11)7-2-3-12-9(7)5-6/h4-5,12H,2-3H2,1H3. The van der Waals surface area contributed by atoms with Crippen LogP contribution in [-0.2, 0) is 11.2 Å². The molecule has 1 N–H and O–H groups in total. The molecule has 0 radical (unpaired) electrons. The molecule has 1 heterocycles. The van der Waals surface area contributed by atoms with E-state index in [1.54, 1.807) is 6.07 Å². The van der Waals surface area contributed by atoms with Crippen molar-refractivity contribution in [2.75, 3.05) is 19.0 Å². The Morgan fingerprint density at radius 1 is 1.57 bits per heavy atom. The predicted molar refractivity (Wildman–Crippen MR) is 57.7 cm³/mol. The molecule has 0 atom stereocenters. The van der Waals surface area contributed by atoms with Crippen molar-refractivity contribution in [1.29, 1.82) is 0 Å². The average Bonchev–Trinajstić information content (AvgIpc) is 2.64. The minimum Gasteiger partial charge on any atom is -0.465 e. The number of fused-ring (bicyclic) bond motifs is 1. The maximum Gasteiger partial charge on any atom is 0.337 e. The number of hydrogen-bond donors (Lipinski definition) is 1. The van der Waals surface area contributed by atoms with Crippen molar-refractivity contribution in [3.05, 3.63) is 27.7 Å². The molecule has 0 saturated heterocycles. The van der Waals surface area contributed by atoms with Gasteiger partial charge in [-0.25, -0.2) is 4.79 Å². The Morgan fingerprint density at radius 2 is 2.36 bits per heavy atom. The zero-order chi connectivity index (χ0) is 10.1. The second-order valence-electron chi connectivity index (χ2n) is 3.15. The highest BCUT2D eigenvalue weighted by Gasteiger charge is 2.17. The molecule has 14 heavy (non-hydrogen) atoms. The molecule has 1 aromatic rings. The van der Waals surface area contributed by atoms with Gasteiger partial charge in [0.1, 0.15) is 0 Å². The summed E-state index contributed by atoms with van der Waals surface area (Å²) in [5.41, 5.74) is 2.84. The highest BCUT2D eigenvalue weighted by molar-refractivity contribution is 9.10. The van der Waals surface area contributed by atoms with Crippen molar-refractivity contribution < 1.29 is 9.53 Å². The van der Waals surface area contributed by atoms with Crippen molar-refractivity contribution in [1.82, 2.24) is 0 Å². The molecule has 0 bridgehead atoms. The van der Waals surface area contributed by atoms with E-state index in [9.17, 15) is 4.79 Å². The number of carbonyl (C=O) groups is 1. The van der Waals surface area contributed by atoms with Crippen LogP contribution in [-0.4, -0.2) is 19.6 Å². The summed E-state index contributed by atoms with van der Waals surface area (Å²) in [6, 6.07) is 3.64. The van der Waals surface area contributed by atoms with Gasteiger partial charge in [-0.3, -0.25) is 0 Å². The van der Waals surface area contributed by atoms with E-state index in [4.69, 9.17) is 0 Å². The SMILES string of the molecule is COC(=O)c1cc(Br)c2c(c1)NCC2. The lowest BCUT2D eigenvalue weighted by Crippen LogP contribution is -2.02. The maximum atomic E-state index is 11.3. The molecule has 0 unspecified atom stereocenters. The third-order valence-corrected chi connectivity index (χ3v) is 3.01. The molecule has 0 fully saturated rings. The van der Waals surface area contributed by atoms with Gasteiger partial charge in [0.15, 0.2) is 0 Å². The van der Waals surface area contributed by atoms with Gasteiger partial charge >= 0.3 is 5.97 Å². The van der Waals surface area contributed by atoms with Crippen LogP contribution in [0.15, 0.2) is 16.6 Å². The Labute approximate surface area is 90.6 Å². The molecule has 0 aliphatic carbocycles. The molecule has 0 spiro atoms. The fourth-order valence-corrected chi connectivity index (χ4v) is 2.26. The average molecular weight is 256 g/mol. The van der Waals surface area contributed by atoms with E-state index in [0.29, 0.717) is 5.56 Å². The van der Waals surface area contributed by atoms with Crippen molar-refractivity contribution in [2.24, 2.45) is 0 Å². The fourth-order valence-electron chi connectivity index (χ4n) is 1.61. The van der Waals surface area contributed by atoms with Crippen LogP contribution in [0.25, 0.3) is 0 Å². The Hall–Kier alpha value is -1.03. The first-order valence-corrected chi connectivity index (χ1v) is 5.16. The number of rotatable bonds is 1. The first kappa shape index (κ1) is 9.52. The Morgan fingerprint density at radius 3 is 3.07 bits per heavy atom. The zero-order valence-electron chi connectivity index (χ0n) is 7.76. The smallest absolute Gasteiger partial charge is 0.337 e. The number of anilines is 1. The minimum atomic E-state index is -0.304. The first-order chi connectivity index (χ1) is 6.72. The summed E-state index contributed by atoms with van der Waals surface area (Å²) < 4.78 is 5.64. The number of benzene rings is 1. The maximum absolute atomic E-state index is 11.3. The summed E-state index contributed by atoms with van der Waals surface area (Å²) in [6.07, 6.45) is 0.997. The van der Waals surface area contributed by atoms with Gasteiger partial charge in [-0.2, -0.15) is 0 Å². The van der Waals surface area contributed by atoms with Crippen LogP contribution < -0.4 is 5.32 Å². The molecule has 1 aliphatic heterocycles. The van der Waals surface area contributed by atoms with Crippen molar-refractivity contribution >= 4 is 27.6 Å². The summed E-state index contributed by atoms with van der Waals surface area (Å²) in [7, 11) is 1.39. The first-order valence-electron chi connectivity index (χ1n) is 4.37. The second kappa shape index (κ2) is 3.61. The molecular weight excluding hydrogens is 246 g/mol. The molecular formula is C10H10BrNO2. The zero-order valence-corrected chi connectivity index (χ0v) is 9.35. The fraction of sp³-hybridized carbons (Fsp3) is 0.300. The van der Waals surface area contributed by atoms with E-state index in [1.807, 2.05) is 6.07 Å². The molecule has 0 saturated carbocycles. The molecule has 2 rings (SSSR count). The number of halogens is 1. The molecule has 1 aliphatic rings. The lowest BCUT2D eigenvalue weighted by molar-refractivity contribution is 0.0600. The lowest BCUT2D eigenvalue weighted by Gasteiger charge is -2.05. The van der Waals surface area contributed by atoms with Crippen molar-refractivity contribution in [3.63, 3.8) is 0 Å². The number of carbonyl (C=O) groups excluding carboxylic acids is 1. The van der Waals surface area contributed by atoms with E-state index in [-0.39, 0.29) is 5.97 Å². The molecule has 74 valence electrons. The second-order valence-corrected chi connectivity index (χ2v) is 4.01. The summed E-state index contributed by atoms with van der Waals surface area (Å²) in [6.45, 7) is 0.929. The van der Waals surface area contributed by atoms with Crippen LogP contribution in [0.4, 0.5) is 5.69 Å². The summed E-state index contributed by atoms with van der Waals surface area (Å²) in [5.74, 6) is -0.304. The monoisotopic (exact) mass is 255 g/mol. The summed E-state index contributed by atoms with van der Waals surface area (Å²) in [5, 5.41) is 3.22. The Kier molecular flexibility index (Phi) is 2.46. The van der Waals surface area contributed by atoms with E-state index in [1.165, 1.54) is 12.7 Å². The number of ether oxygens (including phenoxy) is 1. The van der Waals surface area contributed by atoms with Crippen molar-refractivity contribution in [2.45, 2.75) is 6.42 Å². The van der Waals surface area contributed by atoms with Gasteiger partial charge in [0.2, 0.25) is 0 Å². The normalized spacial score (nSPS) is 13.3. The molecule has 1 aromatic carbocycles. The number of methoxy groups -OCH3 is 1. The highest BCUT2D eigenvalue weighted by Crippen LogP contribution is 2.31. The van der Waals surface area contributed by atoms with Crippen LogP contribution in [0.2, 0.25) is 0 Å². The largest absolute Gasteiger partial charge is 0.465 e. The van der Waals surface area contributed by atoms with Gasteiger partial charge in [-0.1, -0.05) is 15.9 Å². The van der Waals surface area contributed by atoms with E-state index >= 15 is 0 Å². The quantitative estimate of drug-likeness (QED) is 0.783. The molecule has 0 amide bonds. The number of nitrogens with one attached hydrogen (secondary N) is 1. The van der Waals surface area contributed by atoms with Gasteiger partial charge in [-0.15, -0.1) is 0 Å². The van der Waals surface area contributed by atoms with Crippen LogP contribution in [0.1, 0.15) is 15.9 Å². The topological polar surface area (TPSA) is 38.3 Å². The highest BCUT2D eigenvalue weighted by atomic mass is 79.9. The van der Waals surface area contributed by atoms with E-state index in [2.05, 4.69) is 26.0 Å². The minimum absolute atomic E-state index is 0.304. The lowest BCUT2D eigenvalue weighted by atomic mass is 10.1. The molecule has 3 nitrogen and oxygen atoms in total.